The van der Waals surface area contributed by atoms with Crippen LogP contribution in [0.25, 0.3) is 0 Å². The van der Waals surface area contributed by atoms with Crippen molar-refractivity contribution in [3.63, 3.8) is 0 Å². The number of sulfone groups is 1. The van der Waals surface area contributed by atoms with Crippen molar-refractivity contribution in [3.8, 4) is 0 Å². The molecule has 4 nitrogen and oxygen atoms in total. The average molecular weight is 255 g/mol. The van der Waals surface area contributed by atoms with Crippen LogP contribution in [0.2, 0.25) is 0 Å². The molecule has 0 amide bonds. The van der Waals surface area contributed by atoms with E-state index in [9.17, 15) is 13.5 Å². The summed E-state index contributed by atoms with van der Waals surface area (Å²) >= 11 is 0. The first-order valence-corrected chi connectivity index (χ1v) is 7.45. The maximum Gasteiger partial charge on any atom is 0.175 e. The minimum absolute atomic E-state index is 0.0853. The number of benzene rings is 1. The molecule has 5 heteroatoms. The van der Waals surface area contributed by atoms with Crippen LogP contribution in [0.4, 0.5) is 0 Å². The van der Waals surface area contributed by atoms with Gasteiger partial charge in [-0.1, -0.05) is 12.1 Å². The summed E-state index contributed by atoms with van der Waals surface area (Å²) in [6.07, 6.45) is 3.04. The lowest BCUT2D eigenvalue weighted by molar-refractivity contribution is 0.187. The highest BCUT2D eigenvalue weighted by molar-refractivity contribution is 7.90. The number of rotatable bonds is 4. The molecule has 0 bridgehead atoms. The van der Waals surface area contributed by atoms with Gasteiger partial charge in [0.1, 0.15) is 0 Å². The molecule has 1 unspecified atom stereocenters. The van der Waals surface area contributed by atoms with Crippen molar-refractivity contribution >= 4 is 9.84 Å². The molecule has 0 aliphatic heterocycles. The third-order valence-corrected chi connectivity index (χ3v) is 4.66. The van der Waals surface area contributed by atoms with E-state index >= 15 is 0 Å². The first kappa shape index (κ1) is 12.5. The van der Waals surface area contributed by atoms with Crippen LogP contribution in [0.5, 0.6) is 0 Å². The van der Waals surface area contributed by atoms with Crippen LogP contribution in [0.1, 0.15) is 24.4 Å². The summed E-state index contributed by atoms with van der Waals surface area (Å²) in [6.45, 7) is 0.0853. The largest absolute Gasteiger partial charge is 0.396 e. The molecule has 1 aromatic rings. The highest BCUT2D eigenvalue weighted by Gasteiger charge is 2.47. The number of aliphatic hydroxyl groups excluding tert-OH is 1. The van der Waals surface area contributed by atoms with E-state index in [0.29, 0.717) is 4.90 Å². The Bertz CT molecular complexity index is 503. The van der Waals surface area contributed by atoms with E-state index in [1.165, 1.54) is 6.26 Å². The SMILES string of the molecule is CS(=O)(=O)c1ccc(C(N)C2(CO)CC2)cc1. The van der Waals surface area contributed by atoms with Gasteiger partial charge in [-0.05, 0) is 30.5 Å². The number of hydrogen-bond acceptors (Lipinski definition) is 4. The van der Waals surface area contributed by atoms with E-state index in [2.05, 4.69) is 0 Å². The summed E-state index contributed by atoms with van der Waals surface area (Å²) in [7, 11) is -3.16. The Hall–Kier alpha value is -0.910. The monoisotopic (exact) mass is 255 g/mol. The number of hydrogen-bond donors (Lipinski definition) is 2. The Morgan fingerprint density at radius 1 is 1.35 bits per heavy atom. The van der Waals surface area contributed by atoms with E-state index in [1.807, 2.05) is 0 Å². The lowest BCUT2D eigenvalue weighted by atomic mass is 9.92. The molecule has 1 aliphatic carbocycles. The molecule has 0 spiro atoms. The highest BCUT2D eigenvalue weighted by atomic mass is 32.2. The summed E-state index contributed by atoms with van der Waals surface area (Å²) in [4.78, 5) is 0.294. The second kappa shape index (κ2) is 4.08. The van der Waals surface area contributed by atoms with Gasteiger partial charge in [0.2, 0.25) is 0 Å². The normalized spacial score (nSPS) is 19.9. The minimum atomic E-state index is -3.16. The summed E-state index contributed by atoms with van der Waals surface area (Å²) in [5, 5.41) is 9.30. The quantitative estimate of drug-likeness (QED) is 0.836. The van der Waals surface area contributed by atoms with E-state index in [1.54, 1.807) is 24.3 Å². The van der Waals surface area contributed by atoms with Gasteiger partial charge >= 0.3 is 0 Å². The van der Waals surface area contributed by atoms with E-state index < -0.39 is 9.84 Å². The summed E-state index contributed by atoms with van der Waals surface area (Å²) in [6, 6.07) is 6.38. The fraction of sp³-hybridized carbons (Fsp3) is 0.500. The first-order valence-electron chi connectivity index (χ1n) is 5.55. The Labute approximate surface area is 101 Å². The van der Waals surface area contributed by atoms with Gasteiger partial charge in [-0.2, -0.15) is 0 Å². The molecule has 1 aromatic carbocycles. The summed E-state index contributed by atoms with van der Waals surface area (Å²) in [5.74, 6) is 0. The molecule has 94 valence electrons. The van der Waals surface area contributed by atoms with Crippen molar-refractivity contribution in [2.75, 3.05) is 12.9 Å². The van der Waals surface area contributed by atoms with Crippen LogP contribution < -0.4 is 5.73 Å². The third-order valence-electron chi connectivity index (χ3n) is 3.53. The zero-order valence-corrected chi connectivity index (χ0v) is 10.6. The molecule has 0 aromatic heterocycles. The molecule has 0 heterocycles. The van der Waals surface area contributed by atoms with Gasteiger partial charge in [0.05, 0.1) is 11.5 Å². The maximum absolute atomic E-state index is 11.3. The zero-order valence-electron chi connectivity index (χ0n) is 9.76. The van der Waals surface area contributed by atoms with Gasteiger partial charge in [-0.25, -0.2) is 8.42 Å². The van der Waals surface area contributed by atoms with Crippen molar-refractivity contribution in [2.45, 2.75) is 23.8 Å². The lowest BCUT2D eigenvalue weighted by Gasteiger charge is -2.21. The smallest absolute Gasteiger partial charge is 0.175 e. The van der Waals surface area contributed by atoms with E-state index in [4.69, 9.17) is 5.73 Å². The van der Waals surface area contributed by atoms with Crippen molar-refractivity contribution in [2.24, 2.45) is 11.1 Å². The maximum atomic E-state index is 11.3. The Kier molecular flexibility index (Phi) is 3.01. The molecule has 1 aliphatic rings. The molecule has 0 radical (unpaired) electrons. The van der Waals surface area contributed by atoms with Crippen molar-refractivity contribution in [1.82, 2.24) is 0 Å². The fourth-order valence-corrected chi connectivity index (χ4v) is 2.63. The van der Waals surface area contributed by atoms with E-state index in [-0.39, 0.29) is 18.1 Å². The molecule has 17 heavy (non-hydrogen) atoms. The second-order valence-corrected chi connectivity index (χ2v) is 6.86. The molecular formula is C12H17NO3S. The van der Waals surface area contributed by atoms with Gasteiger partial charge in [-0.3, -0.25) is 0 Å². The molecule has 1 atom stereocenters. The molecular weight excluding hydrogens is 238 g/mol. The van der Waals surface area contributed by atoms with Crippen LogP contribution in [-0.2, 0) is 9.84 Å². The fourth-order valence-electron chi connectivity index (χ4n) is 2.00. The van der Waals surface area contributed by atoms with Gasteiger partial charge in [-0.15, -0.1) is 0 Å². The molecule has 2 rings (SSSR count). The first-order chi connectivity index (χ1) is 7.89. The zero-order chi connectivity index (χ0) is 12.7. The molecule has 0 saturated heterocycles. The topological polar surface area (TPSA) is 80.4 Å². The van der Waals surface area contributed by atoms with Crippen LogP contribution in [0.3, 0.4) is 0 Å². The van der Waals surface area contributed by atoms with Gasteiger partial charge in [0, 0.05) is 17.7 Å². The molecule has 1 fully saturated rings. The Morgan fingerprint density at radius 3 is 2.24 bits per heavy atom. The van der Waals surface area contributed by atoms with Crippen LogP contribution in [0, 0.1) is 5.41 Å². The van der Waals surface area contributed by atoms with E-state index in [0.717, 1.165) is 18.4 Å². The predicted molar refractivity (Wildman–Crippen MR) is 65.2 cm³/mol. The molecule has 1 saturated carbocycles. The summed E-state index contributed by atoms with van der Waals surface area (Å²) < 4.78 is 22.6. The molecule has 3 N–H and O–H groups in total. The van der Waals surface area contributed by atoms with Crippen LogP contribution in [0.15, 0.2) is 29.2 Å². The van der Waals surface area contributed by atoms with Gasteiger partial charge in [0.25, 0.3) is 0 Å². The van der Waals surface area contributed by atoms with Gasteiger partial charge in [0.15, 0.2) is 9.84 Å². The lowest BCUT2D eigenvalue weighted by Crippen LogP contribution is -2.25. The minimum Gasteiger partial charge on any atom is -0.396 e. The Morgan fingerprint density at radius 2 is 1.88 bits per heavy atom. The summed E-state index contributed by atoms with van der Waals surface area (Å²) in [5.41, 5.74) is 6.79. The highest BCUT2D eigenvalue weighted by Crippen LogP contribution is 2.53. The van der Waals surface area contributed by atoms with Gasteiger partial charge < -0.3 is 10.8 Å². The van der Waals surface area contributed by atoms with Crippen molar-refractivity contribution in [3.05, 3.63) is 29.8 Å². The second-order valence-electron chi connectivity index (χ2n) is 4.84. The average Bonchev–Trinajstić information content (AvgIpc) is 3.08. The van der Waals surface area contributed by atoms with Crippen LogP contribution >= 0.6 is 0 Å². The standard InChI is InChI=1S/C12H17NO3S/c1-17(15,16)10-4-2-9(3-5-10)11(13)12(8-14)6-7-12/h2-5,11,14H,6-8,13H2,1H3. The number of nitrogens with two attached hydrogens (primary N) is 1. The van der Waals surface area contributed by atoms with Crippen LogP contribution in [-0.4, -0.2) is 26.4 Å². The van der Waals surface area contributed by atoms with Crippen molar-refractivity contribution < 1.29 is 13.5 Å². The predicted octanol–water partition coefficient (Wildman–Crippen LogP) is 0.862. The van der Waals surface area contributed by atoms with Crippen molar-refractivity contribution in [1.29, 1.82) is 0 Å². The third kappa shape index (κ3) is 2.36. The Balaban J connectivity index is 2.24. The number of aliphatic hydroxyl groups is 1.